The molecule has 0 bridgehead atoms. The summed E-state index contributed by atoms with van der Waals surface area (Å²) in [6, 6.07) is 1.99. The topological polar surface area (TPSA) is 107 Å². The van der Waals surface area contributed by atoms with Crippen LogP contribution in [0.4, 0.5) is 15.8 Å². The molecule has 0 aliphatic heterocycles. The Labute approximate surface area is 108 Å². The van der Waals surface area contributed by atoms with E-state index in [1.165, 1.54) is 7.11 Å². The number of halogens is 1. The van der Waals surface area contributed by atoms with E-state index in [4.69, 9.17) is 10.5 Å². The number of nitrogens with zero attached hydrogens (tertiary/aromatic N) is 1. The second-order valence-electron chi connectivity index (χ2n) is 3.80. The van der Waals surface area contributed by atoms with Crippen molar-refractivity contribution in [3.8, 4) is 0 Å². The number of hydrogen-bond donors (Lipinski definition) is 2. The summed E-state index contributed by atoms with van der Waals surface area (Å²) in [7, 11) is 1.46. The number of rotatable bonds is 6. The second-order valence-corrected chi connectivity index (χ2v) is 3.80. The maximum Gasteiger partial charge on any atom is 0.271 e. The van der Waals surface area contributed by atoms with Crippen molar-refractivity contribution in [2.45, 2.75) is 12.5 Å². The van der Waals surface area contributed by atoms with Gasteiger partial charge in [-0.2, -0.15) is 0 Å². The Morgan fingerprint density at radius 1 is 1.63 bits per heavy atom. The molecule has 0 fully saturated rings. The maximum absolute atomic E-state index is 13.4. The first-order valence-corrected chi connectivity index (χ1v) is 5.45. The zero-order valence-corrected chi connectivity index (χ0v) is 10.3. The van der Waals surface area contributed by atoms with Gasteiger partial charge in [0.05, 0.1) is 16.7 Å². The number of nitro groups is 1. The number of hydrogen-bond acceptors (Lipinski definition) is 5. The maximum atomic E-state index is 13.4. The molecule has 8 heteroatoms. The number of carbonyl (C=O) groups is 1. The summed E-state index contributed by atoms with van der Waals surface area (Å²) < 4.78 is 18.2. The molecule has 0 aliphatic rings. The molecule has 0 saturated carbocycles. The van der Waals surface area contributed by atoms with Crippen LogP contribution in [0.1, 0.15) is 6.42 Å². The fraction of sp³-hybridized carbons (Fsp3) is 0.364. The lowest BCUT2D eigenvalue weighted by Crippen LogP contribution is -2.36. The van der Waals surface area contributed by atoms with E-state index in [1.807, 2.05) is 0 Å². The highest BCUT2D eigenvalue weighted by atomic mass is 19.1. The predicted octanol–water partition coefficient (Wildman–Crippen LogP) is 1.04. The molecule has 0 saturated heterocycles. The van der Waals surface area contributed by atoms with Gasteiger partial charge in [-0.25, -0.2) is 4.39 Å². The van der Waals surface area contributed by atoms with Gasteiger partial charge >= 0.3 is 0 Å². The summed E-state index contributed by atoms with van der Waals surface area (Å²) in [4.78, 5) is 21.5. The number of non-ortho nitro benzene ring substituents is 1. The van der Waals surface area contributed by atoms with E-state index in [-0.39, 0.29) is 24.4 Å². The molecule has 104 valence electrons. The summed E-state index contributed by atoms with van der Waals surface area (Å²) in [6.07, 6.45) is 0.263. The number of methoxy groups -OCH3 is 1. The van der Waals surface area contributed by atoms with Crippen molar-refractivity contribution in [2.75, 3.05) is 19.0 Å². The molecule has 19 heavy (non-hydrogen) atoms. The van der Waals surface area contributed by atoms with Crippen molar-refractivity contribution in [1.29, 1.82) is 0 Å². The van der Waals surface area contributed by atoms with Crippen LogP contribution in [0, 0.1) is 15.9 Å². The Morgan fingerprint density at radius 2 is 2.32 bits per heavy atom. The Balaban J connectivity index is 2.78. The Kier molecular flexibility index (Phi) is 5.34. The SMILES string of the molecule is COCCC(N)C(=O)Nc1cc([N+](=O)[O-])ccc1F. The monoisotopic (exact) mass is 271 g/mol. The zero-order chi connectivity index (χ0) is 14.4. The van der Waals surface area contributed by atoms with Gasteiger partial charge in [0.15, 0.2) is 0 Å². The first kappa shape index (κ1) is 15.0. The number of nitrogens with two attached hydrogens (primary N) is 1. The fourth-order valence-electron chi connectivity index (χ4n) is 1.32. The molecule has 1 aromatic carbocycles. The minimum Gasteiger partial charge on any atom is -0.385 e. The van der Waals surface area contributed by atoms with Crippen molar-refractivity contribution in [3.63, 3.8) is 0 Å². The van der Waals surface area contributed by atoms with Crippen LogP contribution in [0.15, 0.2) is 18.2 Å². The molecular weight excluding hydrogens is 257 g/mol. The van der Waals surface area contributed by atoms with Gasteiger partial charge in [-0.3, -0.25) is 14.9 Å². The molecule has 0 radical (unpaired) electrons. The minimum absolute atomic E-state index is 0.263. The molecule has 1 unspecified atom stereocenters. The smallest absolute Gasteiger partial charge is 0.271 e. The third kappa shape index (κ3) is 4.27. The summed E-state index contributed by atoms with van der Waals surface area (Å²) in [5.41, 5.74) is 4.96. The van der Waals surface area contributed by atoms with Crippen molar-refractivity contribution < 1.29 is 18.8 Å². The van der Waals surface area contributed by atoms with Crippen LogP contribution < -0.4 is 11.1 Å². The first-order chi connectivity index (χ1) is 8.95. The Hall–Kier alpha value is -2.06. The van der Waals surface area contributed by atoms with Gasteiger partial charge in [0.25, 0.3) is 5.69 Å². The number of anilines is 1. The highest BCUT2D eigenvalue weighted by Crippen LogP contribution is 2.21. The van der Waals surface area contributed by atoms with Gasteiger partial charge in [-0.15, -0.1) is 0 Å². The summed E-state index contributed by atoms with van der Waals surface area (Å²) in [6.45, 7) is 0.284. The molecule has 0 aliphatic carbocycles. The highest BCUT2D eigenvalue weighted by molar-refractivity contribution is 5.95. The molecular formula is C11H14FN3O4. The van der Waals surface area contributed by atoms with Crippen LogP contribution in [0.2, 0.25) is 0 Å². The van der Waals surface area contributed by atoms with Gasteiger partial charge in [-0.05, 0) is 12.5 Å². The molecule has 0 spiro atoms. The van der Waals surface area contributed by atoms with E-state index < -0.39 is 22.7 Å². The average molecular weight is 271 g/mol. The molecule has 3 N–H and O–H groups in total. The first-order valence-electron chi connectivity index (χ1n) is 5.45. The van der Waals surface area contributed by atoms with Crippen LogP contribution in [-0.4, -0.2) is 30.6 Å². The van der Waals surface area contributed by atoms with Crippen molar-refractivity contribution >= 4 is 17.3 Å². The third-order valence-electron chi connectivity index (χ3n) is 2.39. The largest absolute Gasteiger partial charge is 0.385 e. The fourth-order valence-corrected chi connectivity index (χ4v) is 1.32. The van der Waals surface area contributed by atoms with E-state index in [9.17, 15) is 19.3 Å². The lowest BCUT2D eigenvalue weighted by molar-refractivity contribution is -0.384. The van der Waals surface area contributed by atoms with Gasteiger partial charge in [0, 0.05) is 25.8 Å². The zero-order valence-electron chi connectivity index (χ0n) is 10.3. The standard InChI is InChI=1S/C11H14FN3O4/c1-19-5-4-9(13)11(16)14-10-6-7(15(17)18)2-3-8(10)12/h2-3,6,9H,4-5,13H2,1H3,(H,14,16). The number of ether oxygens (including phenoxy) is 1. The van der Waals surface area contributed by atoms with Gasteiger partial charge < -0.3 is 15.8 Å². The molecule has 1 aromatic rings. The number of carbonyl (C=O) groups excluding carboxylic acids is 1. The molecule has 0 heterocycles. The number of benzene rings is 1. The van der Waals surface area contributed by atoms with E-state index >= 15 is 0 Å². The van der Waals surface area contributed by atoms with Gasteiger partial charge in [0.2, 0.25) is 5.91 Å². The van der Waals surface area contributed by atoms with Crippen molar-refractivity contribution in [3.05, 3.63) is 34.1 Å². The quantitative estimate of drug-likeness (QED) is 0.593. The number of nitro benzene ring substituents is 1. The average Bonchev–Trinajstić information content (AvgIpc) is 2.38. The van der Waals surface area contributed by atoms with E-state index in [0.29, 0.717) is 0 Å². The second kappa shape index (κ2) is 6.76. The van der Waals surface area contributed by atoms with Crippen LogP contribution in [-0.2, 0) is 9.53 Å². The van der Waals surface area contributed by atoms with E-state index in [1.54, 1.807) is 0 Å². The summed E-state index contributed by atoms with van der Waals surface area (Å²) >= 11 is 0. The minimum atomic E-state index is -0.876. The van der Waals surface area contributed by atoms with Crippen LogP contribution in [0.5, 0.6) is 0 Å². The van der Waals surface area contributed by atoms with Crippen LogP contribution in [0.25, 0.3) is 0 Å². The Morgan fingerprint density at radius 3 is 2.89 bits per heavy atom. The predicted molar refractivity (Wildman–Crippen MR) is 66.2 cm³/mol. The summed E-state index contributed by atoms with van der Waals surface area (Å²) in [5.74, 6) is -1.39. The lowest BCUT2D eigenvalue weighted by Gasteiger charge is -2.12. The Bertz CT molecular complexity index is 481. The van der Waals surface area contributed by atoms with Crippen molar-refractivity contribution in [1.82, 2.24) is 0 Å². The highest BCUT2D eigenvalue weighted by Gasteiger charge is 2.17. The van der Waals surface area contributed by atoms with E-state index in [2.05, 4.69) is 5.32 Å². The molecule has 0 aromatic heterocycles. The van der Waals surface area contributed by atoms with Gasteiger partial charge in [0.1, 0.15) is 5.82 Å². The van der Waals surface area contributed by atoms with Gasteiger partial charge in [-0.1, -0.05) is 0 Å². The molecule has 1 atom stereocenters. The molecule has 7 nitrogen and oxygen atoms in total. The van der Waals surface area contributed by atoms with Crippen LogP contribution >= 0.6 is 0 Å². The normalized spacial score (nSPS) is 11.9. The van der Waals surface area contributed by atoms with Crippen molar-refractivity contribution in [2.24, 2.45) is 5.73 Å². The lowest BCUT2D eigenvalue weighted by atomic mass is 10.2. The number of nitrogens with one attached hydrogen (secondary N) is 1. The molecule has 1 rings (SSSR count). The number of amides is 1. The third-order valence-corrected chi connectivity index (χ3v) is 2.39. The summed E-state index contributed by atoms with van der Waals surface area (Å²) in [5, 5.41) is 12.8. The van der Waals surface area contributed by atoms with Crippen LogP contribution in [0.3, 0.4) is 0 Å². The molecule has 1 amide bonds. The van der Waals surface area contributed by atoms with E-state index in [0.717, 1.165) is 18.2 Å².